The first-order valence-corrected chi connectivity index (χ1v) is 8.89. The molecule has 0 atom stereocenters. The minimum absolute atomic E-state index is 0.253. The quantitative estimate of drug-likeness (QED) is 0.838. The molecule has 1 spiro atoms. The van der Waals surface area contributed by atoms with Gasteiger partial charge in [0.05, 0.1) is 0 Å². The number of urea groups is 1. The minimum atomic E-state index is -0.761. The number of benzene rings is 1. The van der Waals surface area contributed by atoms with E-state index < -0.39 is 17.5 Å². The van der Waals surface area contributed by atoms with Crippen LogP contribution in [0.5, 0.6) is 0 Å². The van der Waals surface area contributed by atoms with Crippen LogP contribution < -0.4 is 5.32 Å². The summed E-state index contributed by atoms with van der Waals surface area (Å²) in [5, 5.41) is 3.24. The maximum absolute atomic E-state index is 12.9. The van der Waals surface area contributed by atoms with E-state index in [4.69, 9.17) is 11.6 Å². The third kappa shape index (κ3) is 3.11. The summed E-state index contributed by atoms with van der Waals surface area (Å²) in [6.07, 6.45) is 4.25. The maximum atomic E-state index is 12.9. The van der Waals surface area contributed by atoms with Crippen LogP contribution in [-0.4, -0.2) is 46.8 Å². The van der Waals surface area contributed by atoms with Gasteiger partial charge in [0, 0.05) is 17.8 Å². The Hall–Kier alpha value is -2.08. The van der Waals surface area contributed by atoms with Crippen molar-refractivity contribution in [2.45, 2.75) is 44.6 Å². The zero-order valence-corrected chi connectivity index (χ0v) is 15.2. The molecule has 6 nitrogen and oxygen atoms in total. The van der Waals surface area contributed by atoms with Crippen molar-refractivity contribution in [3.63, 3.8) is 0 Å². The summed E-state index contributed by atoms with van der Waals surface area (Å²) in [7, 11) is 1.66. The Balaban J connectivity index is 1.71. The molecule has 0 unspecified atom stereocenters. The number of aryl methyl sites for hydroxylation is 1. The van der Waals surface area contributed by atoms with E-state index in [-0.39, 0.29) is 12.5 Å². The van der Waals surface area contributed by atoms with Crippen LogP contribution in [0.3, 0.4) is 0 Å². The van der Waals surface area contributed by atoms with Crippen molar-refractivity contribution in [1.29, 1.82) is 0 Å². The average molecular weight is 364 g/mol. The first kappa shape index (κ1) is 17.7. The second-order valence-electron chi connectivity index (χ2n) is 6.84. The van der Waals surface area contributed by atoms with Crippen LogP contribution in [0.2, 0.25) is 5.02 Å². The lowest BCUT2D eigenvalue weighted by Crippen LogP contribution is -2.49. The van der Waals surface area contributed by atoms with E-state index in [1.165, 1.54) is 4.90 Å². The monoisotopic (exact) mass is 363 g/mol. The number of hydrogen-bond donors (Lipinski definition) is 1. The molecule has 4 amide bonds. The molecule has 1 aliphatic heterocycles. The summed E-state index contributed by atoms with van der Waals surface area (Å²) >= 11 is 6.05. The van der Waals surface area contributed by atoms with E-state index >= 15 is 0 Å². The van der Waals surface area contributed by atoms with Crippen LogP contribution in [0, 0.1) is 6.92 Å². The number of amides is 4. The largest absolute Gasteiger partial charge is 0.327 e. The summed E-state index contributed by atoms with van der Waals surface area (Å²) in [5.74, 6) is -0.667. The zero-order valence-electron chi connectivity index (χ0n) is 14.5. The predicted molar refractivity (Wildman–Crippen MR) is 95.5 cm³/mol. The molecule has 25 heavy (non-hydrogen) atoms. The molecule has 1 aliphatic carbocycles. The Bertz CT molecular complexity index is 728. The summed E-state index contributed by atoms with van der Waals surface area (Å²) in [4.78, 5) is 40.3. The highest BCUT2D eigenvalue weighted by Crippen LogP contribution is 2.39. The fraction of sp³-hybridized carbons (Fsp3) is 0.500. The Morgan fingerprint density at radius 1 is 1.24 bits per heavy atom. The second-order valence-corrected chi connectivity index (χ2v) is 7.24. The smallest absolute Gasteiger partial charge is 0.324 e. The fourth-order valence-corrected chi connectivity index (χ4v) is 3.87. The van der Waals surface area contributed by atoms with Crippen molar-refractivity contribution in [3.8, 4) is 0 Å². The Morgan fingerprint density at radius 3 is 2.56 bits per heavy atom. The lowest BCUT2D eigenvalue weighted by atomic mass is 9.81. The van der Waals surface area contributed by atoms with Crippen molar-refractivity contribution in [3.05, 3.63) is 28.8 Å². The van der Waals surface area contributed by atoms with Crippen LogP contribution in [-0.2, 0) is 9.59 Å². The summed E-state index contributed by atoms with van der Waals surface area (Å²) in [6.45, 7) is 1.59. The highest BCUT2D eigenvalue weighted by Gasteiger charge is 2.55. The first-order chi connectivity index (χ1) is 11.8. The van der Waals surface area contributed by atoms with Gasteiger partial charge in [-0.15, -0.1) is 0 Å². The summed E-state index contributed by atoms with van der Waals surface area (Å²) in [5.41, 5.74) is 0.689. The molecule has 1 saturated carbocycles. The van der Waals surface area contributed by atoms with Gasteiger partial charge in [0.15, 0.2) is 0 Å². The molecule has 2 fully saturated rings. The van der Waals surface area contributed by atoms with E-state index in [1.807, 2.05) is 6.92 Å². The van der Waals surface area contributed by atoms with E-state index in [0.29, 0.717) is 23.6 Å². The Morgan fingerprint density at radius 2 is 1.92 bits per heavy atom. The number of anilines is 1. The van der Waals surface area contributed by atoms with Gasteiger partial charge in [-0.25, -0.2) is 4.79 Å². The summed E-state index contributed by atoms with van der Waals surface area (Å²) in [6, 6.07) is 4.79. The van der Waals surface area contributed by atoms with Gasteiger partial charge in [-0.3, -0.25) is 14.5 Å². The number of carbonyl (C=O) groups is 3. The lowest BCUT2D eigenvalue weighted by molar-refractivity contribution is -0.136. The van der Waals surface area contributed by atoms with Crippen molar-refractivity contribution in [1.82, 2.24) is 9.80 Å². The van der Waals surface area contributed by atoms with Gasteiger partial charge < -0.3 is 10.2 Å². The number of carbonyl (C=O) groups excluding carboxylic acids is 3. The number of nitrogens with one attached hydrogen (secondary N) is 1. The van der Waals surface area contributed by atoms with Gasteiger partial charge >= 0.3 is 6.03 Å². The van der Waals surface area contributed by atoms with Gasteiger partial charge in [-0.1, -0.05) is 36.9 Å². The number of likely N-dealkylation sites (N-methyl/N-ethyl adjacent to an activating group) is 1. The summed E-state index contributed by atoms with van der Waals surface area (Å²) < 4.78 is 0. The normalized spacial score (nSPS) is 19.6. The third-order valence-electron chi connectivity index (χ3n) is 5.24. The standard InChI is InChI=1S/C18H22ClN3O3/c1-12-6-7-13(10-14(12)19)20-15(23)11-22-16(24)18(21(2)17(22)25)8-4-3-5-9-18/h6-7,10H,3-5,8-9,11H2,1-2H3,(H,20,23). The molecule has 0 bridgehead atoms. The van der Waals surface area contributed by atoms with Gasteiger partial charge in [0.2, 0.25) is 5.91 Å². The van der Waals surface area contributed by atoms with E-state index in [2.05, 4.69) is 5.32 Å². The highest BCUT2D eigenvalue weighted by molar-refractivity contribution is 6.31. The van der Waals surface area contributed by atoms with Gasteiger partial charge in [-0.2, -0.15) is 0 Å². The van der Waals surface area contributed by atoms with Crippen LogP contribution in [0.15, 0.2) is 18.2 Å². The molecule has 134 valence electrons. The second kappa shape index (κ2) is 6.67. The molecule has 0 radical (unpaired) electrons. The molecule has 0 aromatic heterocycles. The predicted octanol–water partition coefficient (Wildman–Crippen LogP) is 3.18. The van der Waals surface area contributed by atoms with Gasteiger partial charge in [0.1, 0.15) is 12.1 Å². The van der Waals surface area contributed by atoms with E-state index in [9.17, 15) is 14.4 Å². The molecule has 2 aliphatic rings. The zero-order chi connectivity index (χ0) is 18.2. The number of hydrogen-bond acceptors (Lipinski definition) is 3. The van der Waals surface area contributed by atoms with Crippen molar-refractivity contribution < 1.29 is 14.4 Å². The van der Waals surface area contributed by atoms with Gasteiger partial charge in [0.25, 0.3) is 5.91 Å². The lowest BCUT2D eigenvalue weighted by Gasteiger charge is -2.35. The topological polar surface area (TPSA) is 69.7 Å². The van der Waals surface area contributed by atoms with Gasteiger partial charge in [-0.05, 0) is 37.5 Å². The molecule has 1 saturated heterocycles. The van der Waals surface area contributed by atoms with Crippen LogP contribution in [0.4, 0.5) is 10.5 Å². The SMILES string of the molecule is Cc1ccc(NC(=O)CN2C(=O)N(C)C3(CCCCC3)C2=O)cc1Cl. The van der Waals surface area contributed by atoms with Crippen molar-refractivity contribution in [2.24, 2.45) is 0 Å². The van der Waals surface area contributed by atoms with E-state index in [0.717, 1.165) is 29.7 Å². The van der Waals surface area contributed by atoms with Crippen LogP contribution >= 0.6 is 11.6 Å². The number of nitrogens with zero attached hydrogens (tertiary/aromatic N) is 2. The molecule has 1 aromatic carbocycles. The van der Waals surface area contributed by atoms with Crippen LogP contribution in [0.25, 0.3) is 0 Å². The van der Waals surface area contributed by atoms with Crippen molar-refractivity contribution >= 4 is 35.1 Å². The van der Waals surface area contributed by atoms with Crippen molar-refractivity contribution in [2.75, 3.05) is 18.9 Å². The third-order valence-corrected chi connectivity index (χ3v) is 5.65. The van der Waals surface area contributed by atoms with Crippen LogP contribution in [0.1, 0.15) is 37.7 Å². The number of halogens is 1. The molecule has 1 N–H and O–H groups in total. The molecule has 7 heteroatoms. The minimum Gasteiger partial charge on any atom is -0.324 e. The highest BCUT2D eigenvalue weighted by atomic mass is 35.5. The Kier molecular flexibility index (Phi) is 4.73. The average Bonchev–Trinajstić information content (AvgIpc) is 2.75. The first-order valence-electron chi connectivity index (χ1n) is 8.51. The molecule has 1 heterocycles. The number of rotatable bonds is 3. The Labute approximate surface area is 152 Å². The molecular weight excluding hydrogens is 342 g/mol. The fourth-order valence-electron chi connectivity index (χ4n) is 3.69. The number of imide groups is 1. The maximum Gasteiger partial charge on any atom is 0.327 e. The molecule has 3 rings (SSSR count). The molecule has 1 aromatic rings. The van der Waals surface area contributed by atoms with E-state index in [1.54, 1.807) is 25.2 Å². The molecular formula is C18H22ClN3O3.